The first-order chi connectivity index (χ1) is 13.6. The normalized spacial score (nSPS) is 18.5. The minimum absolute atomic E-state index is 0.224. The molecule has 1 saturated carbocycles. The zero-order valence-electron chi connectivity index (χ0n) is 15.6. The molecular formula is C20H23N3O5. The highest BCUT2D eigenvalue weighted by Gasteiger charge is 2.51. The van der Waals surface area contributed by atoms with Crippen LogP contribution in [0.5, 0.6) is 0 Å². The van der Waals surface area contributed by atoms with Crippen molar-refractivity contribution >= 4 is 17.8 Å². The van der Waals surface area contributed by atoms with Crippen LogP contribution < -0.4 is 5.32 Å². The van der Waals surface area contributed by atoms with E-state index >= 15 is 0 Å². The molecule has 0 aromatic carbocycles. The number of amides is 4. The van der Waals surface area contributed by atoms with Gasteiger partial charge in [0.15, 0.2) is 0 Å². The summed E-state index contributed by atoms with van der Waals surface area (Å²) < 4.78 is 10.7. The van der Waals surface area contributed by atoms with Gasteiger partial charge in [0.25, 0.3) is 5.91 Å². The minimum Gasteiger partial charge on any atom is -0.467 e. The SMILES string of the molecule is O=C(CN1C(=O)NC2(CCCCC2)C1=O)N(Cc1ccco1)Cc1ccco1. The first-order valence-electron chi connectivity index (χ1n) is 9.54. The highest BCUT2D eigenvalue weighted by molar-refractivity contribution is 6.09. The van der Waals surface area contributed by atoms with Gasteiger partial charge in [0.2, 0.25) is 5.91 Å². The summed E-state index contributed by atoms with van der Waals surface area (Å²) >= 11 is 0. The first-order valence-corrected chi connectivity index (χ1v) is 9.54. The Hall–Kier alpha value is -3.03. The van der Waals surface area contributed by atoms with E-state index in [1.54, 1.807) is 24.3 Å². The van der Waals surface area contributed by atoms with Gasteiger partial charge in [-0.05, 0) is 37.1 Å². The molecule has 1 N–H and O–H groups in total. The highest BCUT2D eigenvalue weighted by atomic mass is 16.3. The highest BCUT2D eigenvalue weighted by Crippen LogP contribution is 2.33. The molecule has 4 amide bonds. The van der Waals surface area contributed by atoms with Gasteiger partial charge in [0, 0.05) is 0 Å². The molecule has 1 aliphatic heterocycles. The summed E-state index contributed by atoms with van der Waals surface area (Å²) in [6, 6.07) is 6.54. The van der Waals surface area contributed by atoms with E-state index in [1.165, 1.54) is 17.4 Å². The lowest BCUT2D eigenvalue weighted by Gasteiger charge is -2.30. The van der Waals surface area contributed by atoms with Crippen molar-refractivity contribution in [3.8, 4) is 0 Å². The van der Waals surface area contributed by atoms with E-state index in [4.69, 9.17) is 8.83 Å². The Labute approximate surface area is 162 Å². The van der Waals surface area contributed by atoms with Gasteiger partial charge in [0.05, 0.1) is 25.6 Å². The molecule has 8 heteroatoms. The van der Waals surface area contributed by atoms with Crippen LogP contribution in [-0.2, 0) is 22.7 Å². The maximum atomic E-state index is 13.0. The molecule has 1 aliphatic carbocycles. The Morgan fingerprint density at radius 2 is 1.64 bits per heavy atom. The van der Waals surface area contributed by atoms with Gasteiger partial charge < -0.3 is 19.1 Å². The minimum atomic E-state index is -0.831. The smallest absolute Gasteiger partial charge is 0.325 e. The number of hydrogen-bond acceptors (Lipinski definition) is 5. The average Bonchev–Trinajstić information content (AvgIpc) is 3.42. The average molecular weight is 385 g/mol. The number of carbonyl (C=O) groups is 3. The van der Waals surface area contributed by atoms with E-state index in [1.807, 2.05) is 0 Å². The summed E-state index contributed by atoms with van der Waals surface area (Å²) in [6.45, 7) is 0.149. The summed E-state index contributed by atoms with van der Waals surface area (Å²) in [6.07, 6.45) is 7.19. The van der Waals surface area contributed by atoms with Crippen LogP contribution in [0.25, 0.3) is 0 Å². The summed E-state index contributed by atoms with van der Waals surface area (Å²) in [7, 11) is 0. The van der Waals surface area contributed by atoms with Crippen LogP contribution in [0.4, 0.5) is 4.79 Å². The molecule has 2 fully saturated rings. The summed E-state index contributed by atoms with van der Waals surface area (Å²) in [5.41, 5.74) is -0.831. The molecule has 1 saturated heterocycles. The maximum Gasteiger partial charge on any atom is 0.325 e. The fraction of sp³-hybridized carbons (Fsp3) is 0.450. The number of nitrogens with zero attached hydrogens (tertiary/aromatic N) is 2. The van der Waals surface area contributed by atoms with Gasteiger partial charge in [0.1, 0.15) is 23.6 Å². The van der Waals surface area contributed by atoms with E-state index in [9.17, 15) is 14.4 Å². The van der Waals surface area contributed by atoms with Crippen LogP contribution in [0.3, 0.4) is 0 Å². The molecule has 2 aromatic rings. The predicted octanol–water partition coefficient (Wildman–Crippen LogP) is 2.66. The van der Waals surface area contributed by atoms with Crippen molar-refractivity contribution in [2.45, 2.75) is 50.7 Å². The number of nitrogens with one attached hydrogen (secondary N) is 1. The van der Waals surface area contributed by atoms with Crippen LogP contribution in [0.15, 0.2) is 45.6 Å². The number of urea groups is 1. The largest absolute Gasteiger partial charge is 0.467 e. The van der Waals surface area contributed by atoms with E-state index < -0.39 is 11.6 Å². The van der Waals surface area contributed by atoms with Crippen molar-refractivity contribution in [2.75, 3.05) is 6.54 Å². The number of rotatable bonds is 6. The second kappa shape index (κ2) is 7.53. The lowest BCUT2D eigenvalue weighted by Crippen LogP contribution is -2.49. The molecule has 28 heavy (non-hydrogen) atoms. The lowest BCUT2D eigenvalue weighted by atomic mass is 9.82. The molecule has 3 heterocycles. The number of furan rings is 2. The van der Waals surface area contributed by atoms with Gasteiger partial charge in [-0.2, -0.15) is 0 Å². The summed E-state index contributed by atoms with van der Waals surface area (Å²) in [4.78, 5) is 40.9. The van der Waals surface area contributed by atoms with Crippen molar-refractivity contribution in [3.05, 3.63) is 48.3 Å². The van der Waals surface area contributed by atoms with Crippen LogP contribution in [-0.4, -0.2) is 39.7 Å². The van der Waals surface area contributed by atoms with Crippen LogP contribution in [0, 0.1) is 0 Å². The Balaban J connectivity index is 1.48. The monoisotopic (exact) mass is 385 g/mol. The third-order valence-electron chi connectivity index (χ3n) is 5.45. The summed E-state index contributed by atoms with van der Waals surface area (Å²) in [5, 5.41) is 2.83. The van der Waals surface area contributed by atoms with Crippen molar-refractivity contribution in [2.24, 2.45) is 0 Å². The van der Waals surface area contributed by atoms with Gasteiger partial charge in [-0.1, -0.05) is 19.3 Å². The Morgan fingerprint density at radius 1 is 1.04 bits per heavy atom. The third-order valence-corrected chi connectivity index (χ3v) is 5.45. The Kier molecular flexibility index (Phi) is 4.93. The second-order valence-electron chi connectivity index (χ2n) is 7.37. The predicted molar refractivity (Wildman–Crippen MR) is 97.7 cm³/mol. The molecule has 0 atom stereocenters. The molecule has 148 valence electrons. The molecule has 1 spiro atoms. The van der Waals surface area contributed by atoms with Crippen LogP contribution >= 0.6 is 0 Å². The molecule has 2 aliphatic rings. The van der Waals surface area contributed by atoms with Gasteiger partial charge in [-0.25, -0.2) is 4.79 Å². The molecule has 2 aromatic heterocycles. The quantitative estimate of drug-likeness (QED) is 0.771. The number of hydrogen-bond donors (Lipinski definition) is 1. The zero-order valence-corrected chi connectivity index (χ0v) is 15.6. The molecule has 0 bridgehead atoms. The third kappa shape index (κ3) is 3.54. The Morgan fingerprint density at radius 3 is 2.18 bits per heavy atom. The van der Waals surface area contributed by atoms with Crippen molar-refractivity contribution in [3.63, 3.8) is 0 Å². The molecule has 4 rings (SSSR count). The first kappa shape index (κ1) is 18.3. The van der Waals surface area contributed by atoms with Crippen LogP contribution in [0.2, 0.25) is 0 Å². The molecule has 0 radical (unpaired) electrons. The molecule has 0 unspecified atom stereocenters. The van der Waals surface area contributed by atoms with Crippen molar-refractivity contribution in [1.29, 1.82) is 0 Å². The zero-order chi connectivity index (χ0) is 19.6. The van der Waals surface area contributed by atoms with Gasteiger partial charge in [-0.15, -0.1) is 0 Å². The molecular weight excluding hydrogens is 362 g/mol. The Bertz CT molecular complexity index is 801. The van der Waals surface area contributed by atoms with Gasteiger partial charge in [-0.3, -0.25) is 14.5 Å². The fourth-order valence-electron chi connectivity index (χ4n) is 3.96. The van der Waals surface area contributed by atoms with E-state index in [0.717, 1.165) is 24.2 Å². The second-order valence-corrected chi connectivity index (χ2v) is 7.37. The van der Waals surface area contributed by atoms with Crippen molar-refractivity contribution in [1.82, 2.24) is 15.1 Å². The molecule has 8 nitrogen and oxygen atoms in total. The standard InChI is InChI=1S/C20H23N3O5/c24-17(14-23-18(25)20(21-19(23)26)8-2-1-3-9-20)22(12-15-6-4-10-27-15)13-16-7-5-11-28-16/h4-7,10-11H,1-3,8-9,12-14H2,(H,21,26). The number of carbonyl (C=O) groups excluding carboxylic acids is 3. The van der Waals surface area contributed by atoms with Crippen molar-refractivity contribution < 1.29 is 23.2 Å². The summed E-state index contributed by atoms with van der Waals surface area (Å²) in [5.74, 6) is 0.590. The van der Waals surface area contributed by atoms with Crippen LogP contribution in [0.1, 0.15) is 43.6 Å². The number of imide groups is 1. The van der Waals surface area contributed by atoms with Gasteiger partial charge >= 0.3 is 6.03 Å². The maximum absolute atomic E-state index is 13.0. The van der Waals surface area contributed by atoms with E-state index in [0.29, 0.717) is 24.4 Å². The lowest BCUT2D eigenvalue weighted by molar-refractivity contribution is -0.140. The van der Waals surface area contributed by atoms with E-state index in [2.05, 4.69) is 5.32 Å². The fourth-order valence-corrected chi connectivity index (χ4v) is 3.96. The van der Waals surface area contributed by atoms with E-state index in [-0.39, 0.29) is 31.4 Å². The topological polar surface area (TPSA) is 96.0 Å².